The van der Waals surface area contributed by atoms with Crippen LogP contribution in [0.1, 0.15) is 34.6 Å². The summed E-state index contributed by atoms with van der Waals surface area (Å²) >= 11 is 6.18. The Bertz CT molecular complexity index is 1220. The van der Waals surface area contributed by atoms with Crippen molar-refractivity contribution in [2.75, 3.05) is 13.1 Å². The Kier molecular flexibility index (Phi) is 6.13. The highest BCUT2D eigenvalue weighted by Crippen LogP contribution is 2.28. The minimum atomic E-state index is -3.72. The van der Waals surface area contributed by atoms with Crippen molar-refractivity contribution in [2.24, 2.45) is 0 Å². The molecule has 31 heavy (non-hydrogen) atoms. The summed E-state index contributed by atoms with van der Waals surface area (Å²) in [5.41, 5.74) is 2.08. The Labute approximate surface area is 186 Å². The van der Waals surface area contributed by atoms with Gasteiger partial charge in [0, 0.05) is 37.6 Å². The van der Waals surface area contributed by atoms with Crippen LogP contribution in [0.4, 0.5) is 0 Å². The fourth-order valence-corrected chi connectivity index (χ4v) is 5.73. The molecule has 2 heterocycles. The number of aromatic nitrogens is 2. The first-order valence-corrected chi connectivity index (χ1v) is 11.9. The summed E-state index contributed by atoms with van der Waals surface area (Å²) in [6.07, 6.45) is 5.24. The van der Waals surface area contributed by atoms with Gasteiger partial charge in [-0.15, -0.1) is 0 Å². The number of nitrogens with zero attached hydrogens (tertiary/aromatic N) is 3. The molecule has 1 saturated heterocycles. The van der Waals surface area contributed by atoms with Crippen molar-refractivity contribution in [1.82, 2.24) is 19.2 Å². The number of halogens is 1. The van der Waals surface area contributed by atoms with Crippen LogP contribution < -0.4 is 5.32 Å². The number of carbonyl (C=O) groups excluding carboxylic acids is 1. The van der Waals surface area contributed by atoms with Gasteiger partial charge in [-0.25, -0.2) is 13.4 Å². The van der Waals surface area contributed by atoms with Crippen LogP contribution in [0.25, 0.3) is 5.69 Å². The molecule has 0 bridgehead atoms. The minimum absolute atomic E-state index is 0.0295. The van der Waals surface area contributed by atoms with Crippen molar-refractivity contribution < 1.29 is 13.2 Å². The number of imidazole rings is 1. The van der Waals surface area contributed by atoms with Gasteiger partial charge in [0.1, 0.15) is 10.7 Å². The van der Waals surface area contributed by atoms with E-state index in [1.54, 1.807) is 6.20 Å². The first kappa shape index (κ1) is 21.5. The van der Waals surface area contributed by atoms with Crippen LogP contribution in [0.15, 0.2) is 59.8 Å². The Morgan fingerprint density at radius 2 is 1.90 bits per heavy atom. The van der Waals surface area contributed by atoms with Gasteiger partial charge in [0.25, 0.3) is 5.91 Å². The molecule has 0 spiro atoms. The second-order valence-electron chi connectivity index (χ2n) is 7.41. The number of para-hydroxylation sites is 1. The SMILES string of the molecule is Cc1nccn1-c1ccccc1CNC(=O)c1ccc(Cl)c(S(=O)(=O)N2CCCC2)c1. The zero-order valence-corrected chi connectivity index (χ0v) is 18.7. The van der Waals surface area contributed by atoms with Crippen molar-refractivity contribution in [3.8, 4) is 5.69 Å². The van der Waals surface area contributed by atoms with Gasteiger partial charge in [-0.1, -0.05) is 29.8 Å². The highest BCUT2D eigenvalue weighted by molar-refractivity contribution is 7.89. The lowest BCUT2D eigenvalue weighted by Gasteiger charge is -2.17. The van der Waals surface area contributed by atoms with E-state index < -0.39 is 10.0 Å². The molecule has 7 nitrogen and oxygen atoms in total. The molecule has 162 valence electrons. The predicted octanol–water partition coefficient (Wildman–Crippen LogP) is 3.55. The molecular weight excluding hydrogens is 436 g/mol. The number of sulfonamides is 1. The van der Waals surface area contributed by atoms with Crippen molar-refractivity contribution in [3.63, 3.8) is 0 Å². The molecule has 0 radical (unpaired) electrons. The molecule has 0 saturated carbocycles. The third-order valence-electron chi connectivity index (χ3n) is 5.39. The maximum Gasteiger partial charge on any atom is 0.251 e. The molecule has 3 aromatic rings. The Morgan fingerprint density at radius 1 is 1.16 bits per heavy atom. The van der Waals surface area contributed by atoms with E-state index in [1.807, 2.05) is 42.0 Å². The van der Waals surface area contributed by atoms with E-state index >= 15 is 0 Å². The van der Waals surface area contributed by atoms with E-state index in [9.17, 15) is 13.2 Å². The first-order valence-electron chi connectivity index (χ1n) is 10.0. The number of nitrogens with one attached hydrogen (secondary N) is 1. The summed E-state index contributed by atoms with van der Waals surface area (Å²) < 4.78 is 29.2. The lowest BCUT2D eigenvalue weighted by atomic mass is 10.1. The van der Waals surface area contributed by atoms with Crippen LogP contribution in [0, 0.1) is 6.92 Å². The quantitative estimate of drug-likeness (QED) is 0.612. The molecule has 1 aliphatic heterocycles. The molecule has 0 aliphatic carbocycles. The molecular formula is C22H23ClN4O3S. The summed E-state index contributed by atoms with van der Waals surface area (Å²) in [5, 5.41) is 3.00. The fraction of sp³-hybridized carbons (Fsp3) is 0.273. The Hall–Kier alpha value is -2.68. The van der Waals surface area contributed by atoms with Gasteiger partial charge < -0.3 is 9.88 Å². The van der Waals surface area contributed by atoms with Crippen LogP contribution in [-0.2, 0) is 16.6 Å². The van der Waals surface area contributed by atoms with E-state index in [1.165, 1.54) is 22.5 Å². The van der Waals surface area contributed by atoms with Gasteiger partial charge in [-0.3, -0.25) is 4.79 Å². The summed E-state index contributed by atoms with van der Waals surface area (Å²) in [6.45, 7) is 3.13. The lowest BCUT2D eigenvalue weighted by Crippen LogP contribution is -2.29. The van der Waals surface area contributed by atoms with Crippen molar-refractivity contribution in [3.05, 3.63) is 76.8 Å². The van der Waals surface area contributed by atoms with Gasteiger partial charge in [0.2, 0.25) is 10.0 Å². The molecule has 1 N–H and O–H groups in total. The van der Waals surface area contributed by atoms with Crippen molar-refractivity contribution >= 4 is 27.5 Å². The standard InChI is InChI=1S/C22H23ClN4O3S/c1-16-24-10-13-27(16)20-7-3-2-6-18(20)15-25-22(28)17-8-9-19(23)21(14-17)31(29,30)26-11-4-5-12-26/h2-3,6-10,13-14H,4-5,11-12,15H2,1H3,(H,25,28). The highest BCUT2D eigenvalue weighted by atomic mass is 35.5. The van der Waals surface area contributed by atoms with Gasteiger partial charge in [-0.05, 0) is 49.6 Å². The maximum atomic E-state index is 12.9. The van der Waals surface area contributed by atoms with E-state index in [-0.39, 0.29) is 27.9 Å². The van der Waals surface area contributed by atoms with Gasteiger partial charge in [-0.2, -0.15) is 4.31 Å². The van der Waals surface area contributed by atoms with Crippen molar-refractivity contribution in [2.45, 2.75) is 31.2 Å². The minimum Gasteiger partial charge on any atom is -0.348 e. The van der Waals surface area contributed by atoms with Crippen LogP contribution >= 0.6 is 11.6 Å². The molecule has 0 unspecified atom stereocenters. The number of aryl methyl sites for hydroxylation is 1. The van der Waals surface area contributed by atoms with E-state index in [2.05, 4.69) is 10.3 Å². The number of carbonyl (C=O) groups is 1. The maximum absolute atomic E-state index is 12.9. The topological polar surface area (TPSA) is 84.3 Å². The second kappa shape index (κ2) is 8.82. The second-order valence-corrected chi connectivity index (χ2v) is 9.73. The summed E-state index contributed by atoms with van der Waals surface area (Å²) in [6, 6.07) is 12.1. The van der Waals surface area contributed by atoms with Crippen molar-refractivity contribution in [1.29, 1.82) is 0 Å². The van der Waals surface area contributed by atoms with E-state index in [0.717, 1.165) is 29.9 Å². The molecule has 1 fully saturated rings. The zero-order chi connectivity index (χ0) is 22.0. The number of hydrogen-bond donors (Lipinski definition) is 1. The average Bonchev–Trinajstić information content (AvgIpc) is 3.45. The fourth-order valence-electron chi connectivity index (χ4n) is 3.72. The number of benzene rings is 2. The molecule has 4 rings (SSSR count). The van der Waals surface area contributed by atoms with Crippen LogP contribution in [0.2, 0.25) is 5.02 Å². The first-order chi connectivity index (χ1) is 14.9. The molecule has 9 heteroatoms. The van der Waals surface area contributed by atoms with Gasteiger partial charge >= 0.3 is 0 Å². The Morgan fingerprint density at radius 3 is 2.61 bits per heavy atom. The zero-order valence-electron chi connectivity index (χ0n) is 17.1. The van der Waals surface area contributed by atoms with E-state index in [0.29, 0.717) is 13.1 Å². The lowest BCUT2D eigenvalue weighted by molar-refractivity contribution is 0.0950. The number of amides is 1. The number of hydrogen-bond acceptors (Lipinski definition) is 4. The van der Waals surface area contributed by atoms with Gasteiger partial charge in [0.15, 0.2) is 0 Å². The summed E-state index contributed by atoms with van der Waals surface area (Å²) in [5.74, 6) is 0.472. The molecule has 1 aromatic heterocycles. The molecule has 1 amide bonds. The summed E-state index contributed by atoms with van der Waals surface area (Å²) in [4.78, 5) is 17.0. The van der Waals surface area contributed by atoms with Gasteiger partial charge in [0.05, 0.1) is 10.7 Å². The third-order valence-corrected chi connectivity index (χ3v) is 7.77. The largest absolute Gasteiger partial charge is 0.348 e. The van der Waals surface area contributed by atoms with E-state index in [4.69, 9.17) is 11.6 Å². The van der Waals surface area contributed by atoms with Crippen LogP contribution in [0.5, 0.6) is 0 Å². The molecule has 1 aliphatic rings. The monoisotopic (exact) mass is 458 g/mol. The third kappa shape index (κ3) is 4.37. The summed E-state index contributed by atoms with van der Waals surface area (Å²) in [7, 11) is -3.72. The van der Waals surface area contributed by atoms with Crippen LogP contribution in [-0.4, -0.2) is 41.3 Å². The number of rotatable bonds is 6. The normalized spacial score (nSPS) is 14.6. The average molecular weight is 459 g/mol. The molecule has 2 aromatic carbocycles. The smallest absolute Gasteiger partial charge is 0.251 e. The Balaban J connectivity index is 1.55. The predicted molar refractivity (Wildman–Crippen MR) is 119 cm³/mol. The molecule has 0 atom stereocenters. The highest BCUT2D eigenvalue weighted by Gasteiger charge is 2.29. The van der Waals surface area contributed by atoms with Crippen LogP contribution in [0.3, 0.4) is 0 Å².